The van der Waals surface area contributed by atoms with Crippen LogP contribution in [0.4, 0.5) is 39.5 Å². The summed E-state index contributed by atoms with van der Waals surface area (Å²) in [6.07, 6.45) is -13.9. The molecule has 4 aromatic rings. The minimum Gasteiger partial charge on any atom is -0.314 e. The summed E-state index contributed by atoms with van der Waals surface area (Å²) in [5.74, 6) is 0. The topological polar surface area (TPSA) is 43.6 Å². The van der Waals surface area contributed by atoms with Crippen LogP contribution in [0.1, 0.15) is 42.1 Å². The number of pyridine rings is 2. The van der Waals surface area contributed by atoms with Gasteiger partial charge in [-0.05, 0) is 37.0 Å². The smallest absolute Gasteiger partial charge is 0.314 e. The standard InChI is InChI=1S/C25H15F9N4.Pt/c1-22(2,19-10-4-8-17(35-19)18-9-5-11-20(36-18)25(32,33)34)21-16(24(29,30)31)13-38(37-21)15-7-3-6-14(12-15)23(26,27)28;/h3-6,8,10-13H,1-2H3;/q-2;+2. The van der Waals surface area contributed by atoms with Gasteiger partial charge in [0, 0.05) is 11.9 Å². The first-order chi connectivity index (χ1) is 17.5. The van der Waals surface area contributed by atoms with Gasteiger partial charge in [0.15, 0.2) is 0 Å². The first kappa shape index (κ1) is 30.3. The van der Waals surface area contributed by atoms with Crippen molar-refractivity contribution in [2.24, 2.45) is 0 Å². The predicted molar refractivity (Wildman–Crippen MR) is 116 cm³/mol. The van der Waals surface area contributed by atoms with Gasteiger partial charge >= 0.3 is 39.6 Å². The van der Waals surface area contributed by atoms with Gasteiger partial charge in [0.25, 0.3) is 0 Å². The van der Waals surface area contributed by atoms with E-state index in [1.54, 1.807) is 0 Å². The summed E-state index contributed by atoms with van der Waals surface area (Å²) < 4.78 is 121. The van der Waals surface area contributed by atoms with Gasteiger partial charge in [-0.2, -0.15) is 74.9 Å². The van der Waals surface area contributed by atoms with Gasteiger partial charge in [-0.1, -0.05) is 17.7 Å². The zero-order valence-corrected chi connectivity index (χ0v) is 22.0. The van der Waals surface area contributed by atoms with Gasteiger partial charge in [0.05, 0.1) is 22.4 Å². The molecule has 0 fully saturated rings. The number of aromatic nitrogens is 4. The zero-order chi connectivity index (χ0) is 28.1. The molecule has 0 aliphatic carbocycles. The fraction of sp³-hybridized carbons (Fsp3) is 0.240. The van der Waals surface area contributed by atoms with E-state index in [-0.39, 0.29) is 43.8 Å². The summed E-state index contributed by atoms with van der Waals surface area (Å²) in [5.41, 5.74) is -6.45. The Bertz CT molecular complexity index is 1470. The molecule has 0 amide bonds. The molecule has 39 heavy (non-hydrogen) atoms. The van der Waals surface area contributed by atoms with E-state index in [9.17, 15) is 39.5 Å². The van der Waals surface area contributed by atoms with Crippen LogP contribution in [0.15, 0.2) is 54.7 Å². The molecular formula is C25H15F9N4Pt. The first-order valence-corrected chi connectivity index (χ1v) is 10.7. The minimum atomic E-state index is -4.94. The second-order valence-electron chi connectivity index (χ2n) is 8.65. The van der Waals surface area contributed by atoms with Gasteiger partial charge in [0.2, 0.25) is 0 Å². The van der Waals surface area contributed by atoms with Crippen molar-refractivity contribution in [2.45, 2.75) is 37.8 Å². The van der Waals surface area contributed by atoms with Crippen molar-refractivity contribution in [3.8, 4) is 17.1 Å². The maximum absolute atomic E-state index is 14.0. The van der Waals surface area contributed by atoms with E-state index in [1.165, 1.54) is 32.0 Å². The third kappa shape index (κ3) is 6.34. The fourth-order valence-corrected chi connectivity index (χ4v) is 3.64. The maximum atomic E-state index is 14.0. The van der Waals surface area contributed by atoms with Crippen molar-refractivity contribution in [3.63, 3.8) is 0 Å². The molecule has 0 N–H and O–H groups in total. The number of benzene rings is 1. The summed E-state index contributed by atoms with van der Waals surface area (Å²) >= 11 is 0. The number of hydrogen-bond donors (Lipinski definition) is 0. The Balaban J connectivity index is 0.00000420. The molecule has 0 saturated carbocycles. The van der Waals surface area contributed by atoms with Crippen LogP contribution in [-0.2, 0) is 45.0 Å². The van der Waals surface area contributed by atoms with Crippen LogP contribution in [0.25, 0.3) is 17.1 Å². The number of alkyl halides is 9. The number of rotatable bonds is 4. The number of hydrogen-bond acceptors (Lipinski definition) is 3. The van der Waals surface area contributed by atoms with Crippen molar-refractivity contribution in [2.75, 3.05) is 0 Å². The Morgan fingerprint density at radius 1 is 0.744 bits per heavy atom. The van der Waals surface area contributed by atoms with Gasteiger partial charge in [-0.25, -0.2) is 0 Å². The molecule has 14 heteroatoms. The average molecular weight is 737 g/mol. The summed E-state index contributed by atoms with van der Waals surface area (Å²) in [7, 11) is 0. The molecule has 3 heterocycles. The molecule has 1 aromatic carbocycles. The predicted octanol–water partition coefficient (Wildman–Crippen LogP) is 7.31. The molecular weight excluding hydrogens is 722 g/mol. The maximum Gasteiger partial charge on any atom is 2.00 e. The Kier molecular flexibility index (Phi) is 8.09. The van der Waals surface area contributed by atoms with Crippen molar-refractivity contribution in [3.05, 3.63) is 95.1 Å². The first-order valence-electron chi connectivity index (χ1n) is 10.7. The minimum absolute atomic E-state index is 0. The third-order valence-electron chi connectivity index (χ3n) is 5.59. The monoisotopic (exact) mass is 737 g/mol. The molecule has 0 atom stereocenters. The Labute approximate surface area is 230 Å². The molecule has 208 valence electrons. The molecule has 4 rings (SSSR count). The summed E-state index contributed by atoms with van der Waals surface area (Å²) in [4.78, 5) is 7.73. The molecule has 0 spiro atoms. The molecule has 0 bridgehead atoms. The van der Waals surface area contributed by atoms with Crippen LogP contribution >= 0.6 is 0 Å². The average Bonchev–Trinajstić information content (AvgIpc) is 3.31. The number of nitrogens with zero attached hydrogens (tertiary/aromatic N) is 4. The Morgan fingerprint density at radius 2 is 1.41 bits per heavy atom. The Morgan fingerprint density at radius 3 is 2.03 bits per heavy atom. The zero-order valence-electron chi connectivity index (χ0n) is 19.7. The van der Waals surface area contributed by atoms with E-state index in [4.69, 9.17) is 0 Å². The van der Waals surface area contributed by atoms with Crippen molar-refractivity contribution in [1.82, 2.24) is 19.7 Å². The van der Waals surface area contributed by atoms with Crippen LogP contribution in [0.2, 0.25) is 0 Å². The van der Waals surface area contributed by atoms with Crippen LogP contribution in [0, 0.1) is 12.1 Å². The molecule has 0 saturated heterocycles. The molecule has 0 radical (unpaired) electrons. The van der Waals surface area contributed by atoms with E-state index >= 15 is 0 Å². The second kappa shape index (κ2) is 10.4. The second-order valence-corrected chi connectivity index (χ2v) is 8.65. The normalized spacial score (nSPS) is 12.8. The van der Waals surface area contributed by atoms with E-state index in [0.717, 1.165) is 18.2 Å². The molecule has 4 nitrogen and oxygen atoms in total. The molecule has 3 aromatic heterocycles. The van der Waals surface area contributed by atoms with Gasteiger partial charge in [0.1, 0.15) is 0 Å². The molecule has 0 unspecified atom stereocenters. The van der Waals surface area contributed by atoms with E-state index in [0.29, 0.717) is 23.0 Å². The third-order valence-corrected chi connectivity index (χ3v) is 5.59. The molecule has 0 aliphatic rings. The number of halogens is 9. The summed E-state index contributed by atoms with van der Waals surface area (Å²) in [6.45, 7) is 2.69. The van der Waals surface area contributed by atoms with E-state index in [1.807, 2.05) is 0 Å². The van der Waals surface area contributed by atoms with Crippen LogP contribution in [0.3, 0.4) is 0 Å². The van der Waals surface area contributed by atoms with E-state index < -0.39 is 46.5 Å². The van der Waals surface area contributed by atoms with Crippen molar-refractivity contribution < 1.29 is 60.6 Å². The van der Waals surface area contributed by atoms with Crippen molar-refractivity contribution in [1.29, 1.82) is 0 Å². The summed E-state index contributed by atoms with van der Waals surface area (Å²) in [5, 5.41) is 3.95. The van der Waals surface area contributed by atoms with Crippen molar-refractivity contribution >= 4 is 0 Å². The van der Waals surface area contributed by atoms with E-state index in [2.05, 4.69) is 27.2 Å². The van der Waals surface area contributed by atoms with Gasteiger partial charge < -0.3 is 4.98 Å². The Hall–Kier alpha value is -3.21. The largest absolute Gasteiger partial charge is 2.00 e. The van der Waals surface area contributed by atoms with Gasteiger partial charge in [-0.15, -0.1) is 12.1 Å². The van der Waals surface area contributed by atoms with Crippen LogP contribution in [0.5, 0.6) is 0 Å². The molecule has 0 aliphatic heterocycles. The van der Waals surface area contributed by atoms with Crippen LogP contribution in [-0.4, -0.2) is 19.7 Å². The van der Waals surface area contributed by atoms with Gasteiger partial charge in [-0.3, -0.25) is 9.67 Å². The summed E-state index contributed by atoms with van der Waals surface area (Å²) in [6, 6.07) is 13.0. The van der Waals surface area contributed by atoms with Crippen LogP contribution < -0.4 is 0 Å². The quantitative estimate of drug-likeness (QED) is 0.163. The fourth-order valence-electron chi connectivity index (χ4n) is 3.64. The SMILES string of the molecule is CC(C)(c1cccc(-c2[c-]ccc(C(F)(F)F)n2)n1)c1nn(-c2[c-]ccc(C(F)(F)F)c2)cc1C(F)(F)F.[Pt+2].